The van der Waals surface area contributed by atoms with Crippen molar-refractivity contribution < 1.29 is 19.1 Å². The number of pyridine rings is 1. The summed E-state index contributed by atoms with van der Waals surface area (Å²) in [5.74, 6) is -1.75. The second kappa shape index (κ2) is 11.0. The molecule has 1 N–H and O–H groups in total. The lowest BCUT2D eigenvalue weighted by Gasteiger charge is -2.27. The monoisotopic (exact) mass is 464 g/mol. The van der Waals surface area contributed by atoms with Gasteiger partial charge >= 0.3 is 0 Å². The number of carbonyl (C=O) groups is 3. The van der Waals surface area contributed by atoms with Crippen LogP contribution in [0, 0.1) is 5.92 Å². The molecule has 174 valence electrons. The Labute approximate surface area is 203 Å². The van der Waals surface area contributed by atoms with Crippen LogP contribution in [0.3, 0.4) is 0 Å². The molecule has 0 fully saturated rings. The van der Waals surface area contributed by atoms with Crippen LogP contribution in [0.5, 0.6) is 5.75 Å². The third-order valence-electron chi connectivity index (χ3n) is 5.72. The maximum absolute atomic E-state index is 13.8. The minimum Gasteiger partial charge on any atom is -0.497 e. The number of amides is 1. The fraction of sp³-hybridized carbons (Fsp3) is 0.103. The van der Waals surface area contributed by atoms with E-state index in [-0.39, 0.29) is 11.6 Å². The quantitative estimate of drug-likeness (QED) is 0.280. The van der Waals surface area contributed by atoms with Crippen molar-refractivity contribution in [1.29, 1.82) is 0 Å². The van der Waals surface area contributed by atoms with Gasteiger partial charge in [0.05, 0.1) is 13.2 Å². The number of ketones is 2. The maximum atomic E-state index is 13.8. The number of nitrogens with zero attached hydrogens (tertiary/aromatic N) is 1. The molecule has 0 saturated heterocycles. The van der Waals surface area contributed by atoms with E-state index in [2.05, 4.69) is 10.3 Å². The van der Waals surface area contributed by atoms with Crippen molar-refractivity contribution in [2.24, 2.45) is 5.92 Å². The number of ether oxygens (including phenoxy) is 1. The first kappa shape index (κ1) is 23.6. The van der Waals surface area contributed by atoms with Gasteiger partial charge in [0, 0.05) is 29.1 Å². The third-order valence-corrected chi connectivity index (χ3v) is 5.72. The molecule has 0 spiro atoms. The highest BCUT2D eigenvalue weighted by Gasteiger charge is 2.38. The molecule has 1 heterocycles. The Kier molecular flexibility index (Phi) is 7.43. The van der Waals surface area contributed by atoms with Crippen molar-refractivity contribution in [2.75, 3.05) is 7.11 Å². The van der Waals surface area contributed by atoms with Gasteiger partial charge in [0.25, 0.3) is 5.91 Å². The lowest BCUT2D eigenvalue weighted by atomic mass is 9.81. The molecule has 0 aliphatic carbocycles. The Balaban J connectivity index is 1.78. The highest BCUT2D eigenvalue weighted by molar-refractivity contribution is 6.17. The molecule has 0 radical (unpaired) electrons. The third kappa shape index (κ3) is 5.50. The number of aromatic nitrogens is 1. The molecule has 3 aromatic carbocycles. The van der Waals surface area contributed by atoms with E-state index < -0.39 is 17.9 Å². The van der Waals surface area contributed by atoms with Crippen LogP contribution in [-0.2, 0) is 0 Å². The summed E-state index contributed by atoms with van der Waals surface area (Å²) in [4.78, 5) is 44.9. The second-order valence-corrected chi connectivity index (χ2v) is 7.90. The Morgan fingerprint density at radius 3 is 1.69 bits per heavy atom. The van der Waals surface area contributed by atoms with Crippen LogP contribution in [0.1, 0.15) is 42.7 Å². The van der Waals surface area contributed by atoms with Crippen molar-refractivity contribution in [3.8, 4) is 5.75 Å². The van der Waals surface area contributed by atoms with E-state index in [0.717, 1.165) is 0 Å². The Bertz CT molecular complexity index is 1240. The molecule has 1 atom stereocenters. The van der Waals surface area contributed by atoms with Crippen LogP contribution in [0.2, 0.25) is 0 Å². The zero-order valence-corrected chi connectivity index (χ0v) is 19.1. The highest BCUT2D eigenvalue weighted by Crippen LogP contribution is 2.29. The fourth-order valence-corrected chi connectivity index (χ4v) is 3.88. The van der Waals surface area contributed by atoms with E-state index in [9.17, 15) is 14.4 Å². The van der Waals surface area contributed by atoms with Crippen LogP contribution in [-0.4, -0.2) is 29.6 Å². The number of hydrogen-bond acceptors (Lipinski definition) is 5. The number of nitrogens with one attached hydrogen (secondary N) is 1. The van der Waals surface area contributed by atoms with Crippen LogP contribution in [0.15, 0.2) is 109 Å². The summed E-state index contributed by atoms with van der Waals surface area (Å²) >= 11 is 0. The molecular formula is C29H24N2O4. The molecule has 1 amide bonds. The topological polar surface area (TPSA) is 85.4 Å². The van der Waals surface area contributed by atoms with Gasteiger partial charge in [0.15, 0.2) is 11.6 Å². The molecule has 35 heavy (non-hydrogen) atoms. The molecule has 0 aliphatic heterocycles. The van der Waals surface area contributed by atoms with E-state index in [1.54, 1.807) is 117 Å². The van der Waals surface area contributed by atoms with E-state index in [0.29, 0.717) is 28.0 Å². The van der Waals surface area contributed by atoms with Crippen molar-refractivity contribution in [3.05, 3.63) is 132 Å². The Morgan fingerprint density at radius 2 is 1.20 bits per heavy atom. The zero-order valence-electron chi connectivity index (χ0n) is 19.1. The molecule has 0 saturated carbocycles. The van der Waals surface area contributed by atoms with Gasteiger partial charge in [-0.1, -0.05) is 60.7 Å². The van der Waals surface area contributed by atoms with Gasteiger partial charge in [-0.15, -0.1) is 0 Å². The van der Waals surface area contributed by atoms with Gasteiger partial charge in [-0.25, -0.2) is 0 Å². The molecule has 1 unspecified atom stereocenters. The van der Waals surface area contributed by atoms with Crippen LogP contribution < -0.4 is 10.1 Å². The summed E-state index contributed by atoms with van der Waals surface area (Å²) < 4.78 is 5.17. The van der Waals surface area contributed by atoms with E-state index in [1.807, 2.05) is 0 Å². The lowest BCUT2D eigenvalue weighted by Crippen LogP contribution is -2.41. The summed E-state index contributed by atoms with van der Waals surface area (Å²) in [7, 11) is 1.55. The molecule has 0 bridgehead atoms. The average molecular weight is 465 g/mol. The Morgan fingerprint density at radius 1 is 0.686 bits per heavy atom. The molecule has 6 nitrogen and oxygen atoms in total. The maximum Gasteiger partial charge on any atom is 0.251 e. The number of hydrogen-bond donors (Lipinski definition) is 1. The predicted molar refractivity (Wildman–Crippen MR) is 132 cm³/mol. The van der Waals surface area contributed by atoms with E-state index >= 15 is 0 Å². The van der Waals surface area contributed by atoms with Gasteiger partial charge < -0.3 is 10.1 Å². The van der Waals surface area contributed by atoms with Crippen molar-refractivity contribution in [3.63, 3.8) is 0 Å². The molecule has 6 heteroatoms. The molecule has 4 aromatic rings. The van der Waals surface area contributed by atoms with Crippen molar-refractivity contribution >= 4 is 17.5 Å². The summed E-state index contributed by atoms with van der Waals surface area (Å²) in [6.45, 7) is 0. The van der Waals surface area contributed by atoms with Gasteiger partial charge in [-0.2, -0.15) is 0 Å². The number of methoxy groups -OCH3 is 1. The van der Waals surface area contributed by atoms with E-state index in [1.165, 1.54) is 0 Å². The van der Waals surface area contributed by atoms with Gasteiger partial charge in [0.2, 0.25) is 0 Å². The molecule has 0 aliphatic rings. The van der Waals surface area contributed by atoms with Gasteiger partial charge in [-0.3, -0.25) is 19.4 Å². The molecular weight excluding hydrogens is 440 g/mol. The first-order valence-electron chi connectivity index (χ1n) is 11.1. The summed E-state index contributed by atoms with van der Waals surface area (Å²) in [6, 6.07) is 26.3. The van der Waals surface area contributed by atoms with E-state index in [4.69, 9.17) is 4.74 Å². The standard InChI is InChI=1S/C29H24N2O4/c1-35-24-14-12-23(13-15-24)29(34)31-26(20-16-18-30-19-17-20)25(27(32)21-8-4-2-5-9-21)28(33)22-10-6-3-7-11-22/h2-19,25-26H,1H3,(H,31,34). The first-order valence-corrected chi connectivity index (χ1v) is 11.1. The minimum atomic E-state index is -1.19. The molecule has 4 rings (SSSR count). The predicted octanol–water partition coefficient (Wildman–Crippen LogP) is 4.94. The van der Waals surface area contributed by atoms with Crippen LogP contribution in [0.4, 0.5) is 0 Å². The fourth-order valence-electron chi connectivity index (χ4n) is 3.88. The largest absolute Gasteiger partial charge is 0.497 e. The van der Waals surface area contributed by atoms with Crippen molar-refractivity contribution in [2.45, 2.75) is 6.04 Å². The highest BCUT2D eigenvalue weighted by atomic mass is 16.5. The second-order valence-electron chi connectivity index (χ2n) is 7.90. The average Bonchev–Trinajstić information content (AvgIpc) is 2.93. The normalized spacial score (nSPS) is 11.5. The van der Waals surface area contributed by atoms with Crippen LogP contribution >= 0.6 is 0 Å². The summed E-state index contributed by atoms with van der Waals surface area (Å²) in [6.07, 6.45) is 3.14. The Hall–Kier alpha value is -4.58. The number of rotatable bonds is 9. The molecule has 1 aromatic heterocycles. The SMILES string of the molecule is COc1ccc(C(=O)NC(c2ccncc2)C(C(=O)c2ccccc2)C(=O)c2ccccc2)cc1. The lowest BCUT2D eigenvalue weighted by molar-refractivity contribution is 0.0754. The zero-order chi connectivity index (χ0) is 24.6. The number of Topliss-reactive ketones (excluding diaryl/α,β-unsaturated/α-hetero) is 2. The van der Waals surface area contributed by atoms with Gasteiger partial charge in [-0.05, 0) is 42.0 Å². The van der Waals surface area contributed by atoms with Crippen LogP contribution in [0.25, 0.3) is 0 Å². The smallest absolute Gasteiger partial charge is 0.251 e. The summed E-state index contributed by atoms with van der Waals surface area (Å²) in [5.41, 5.74) is 1.75. The minimum absolute atomic E-state index is 0.378. The number of carbonyl (C=O) groups excluding carboxylic acids is 3. The van der Waals surface area contributed by atoms with Gasteiger partial charge in [0.1, 0.15) is 11.7 Å². The summed E-state index contributed by atoms with van der Waals surface area (Å²) in [5, 5.41) is 2.94. The first-order chi connectivity index (χ1) is 17.1. The number of benzene rings is 3. The van der Waals surface area contributed by atoms with Crippen molar-refractivity contribution in [1.82, 2.24) is 10.3 Å².